The number of pyridine rings is 1. The average molecular weight is 463 g/mol. The Kier molecular flexibility index (Phi) is 6.11. The fourth-order valence-corrected chi connectivity index (χ4v) is 3.94. The lowest BCUT2D eigenvalue weighted by atomic mass is 9.92. The van der Waals surface area contributed by atoms with Gasteiger partial charge in [0.1, 0.15) is 22.7 Å². The fourth-order valence-electron chi connectivity index (χ4n) is 3.94. The first kappa shape index (κ1) is 22.8. The van der Waals surface area contributed by atoms with Crippen molar-refractivity contribution in [1.82, 2.24) is 24.5 Å². The molecule has 1 aliphatic carbocycles. The van der Waals surface area contributed by atoms with Crippen LogP contribution in [-0.4, -0.2) is 56.6 Å². The van der Waals surface area contributed by atoms with Gasteiger partial charge in [0.25, 0.3) is 5.91 Å². The maximum Gasteiger partial charge on any atom is 0.433 e. The van der Waals surface area contributed by atoms with Crippen LogP contribution in [0.15, 0.2) is 30.7 Å². The van der Waals surface area contributed by atoms with Crippen molar-refractivity contribution in [2.75, 3.05) is 25.1 Å². The van der Waals surface area contributed by atoms with Gasteiger partial charge in [-0.25, -0.2) is 9.50 Å². The van der Waals surface area contributed by atoms with E-state index in [4.69, 9.17) is 10.5 Å². The molecule has 0 atom stereocenters. The molecule has 4 rings (SSSR count). The van der Waals surface area contributed by atoms with Crippen LogP contribution >= 0.6 is 0 Å². The van der Waals surface area contributed by atoms with E-state index in [9.17, 15) is 18.0 Å². The molecule has 0 unspecified atom stereocenters. The van der Waals surface area contributed by atoms with Gasteiger partial charge in [-0.3, -0.25) is 9.78 Å². The highest BCUT2D eigenvalue weighted by Gasteiger charge is 2.34. The topological polar surface area (TPSA) is 111 Å². The molecule has 0 spiro atoms. The number of halogens is 3. The zero-order chi connectivity index (χ0) is 23.8. The highest BCUT2D eigenvalue weighted by Crippen LogP contribution is 2.32. The third-order valence-corrected chi connectivity index (χ3v) is 5.73. The Balaban J connectivity index is 1.55. The molecular weight excluding hydrogens is 439 g/mol. The van der Waals surface area contributed by atoms with Crippen molar-refractivity contribution in [3.8, 4) is 5.75 Å². The summed E-state index contributed by atoms with van der Waals surface area (Å²) in [5.41, 5.74) is 4.40. The summed E-state index contributed by atoms with van der Waals surface area (Å²) in [6.07, 6.45) is 3.04. The van der Waals surface area contributed by atoms with E-state index in [1.54, 1.807) is 6.07 Å². The van der Waals surface area contributed by atoms with E-state index in [2.05, 4.69) is 39.4 Å². The first-order chi connectivity index (χ1) is 15.6. The summed E-state index contributed by atoms with van der Waals surface area (Å²) >= 11 is 0. The lowest BCUT2D eigenvalue weighted by Crippen LogP contribution is -2.35. The van der Waals surface area contributed by atoms with Crippen molar-refractivity contribution in [2.45, 2.75) is 44.0 Å². The zero-order valence-electron chi connectivity index (χ0n) is 18.1. The number of hydrogen-bond acceptors (Lipinski definition) is 7. The molecule has 3 heterocycles. The number of fused-ring (bicyclic) bond motifs is 1. The van der Waals surface area contributed by atoms with Gasteiger partial charge < -0.3 is 20.7 Å². The zero-order valence-corrected chi connectivity index (χ0v) is 18.1. The molecule has 1 saturated carbocycles. The minimum Gasteiger partial charge on any atom is -0.488 e. The van der Waals surface area contributed by atoms with Gasteiger partial charge >= 0.3 is 6.18 Å². The number of amides is 1. The number of anilines is 2. The van der Waals surface area contributed by atoms with E-state index in [-0.39, 0.29) is 28.8 Å². The van der Waals surface area contributed by atoms with E-state index < -0.39 is 17.8 Å². The van der Waals surface area contributed by atoms with Gasteiger partial charge in [-0.05, 0) is 45.8 Å². The number of nitrogens with one attached hydrogen (secondary N) is 1. The fraction of sp³-hybridized carbons (Fsp3) is 0.429. The number of nitrogens with zero attached hydrogens (tertiary/aromatic N) is 5. The number of hydrogen-bond donors (Lipinski definition) is 2. The molecule has 0 aromatic carbocycles. The van der Waals surface area contributed by atoms with Gasteiger partial charge in [-0.2, -0.15) is 13.2 Å². The van der Waals surface area contributed by atoms with Crippen LogP contribution in [0.25, 0.3) is 5.65 Å². The lowest BCUT2D eigenvalue weighted by Gasteiger charge is -2.33. The summed E-state index contributed by atoms with van der Waals surface area (Å²) in [4.78, 5) is 22.8. The van der Waals surface area contributed by atoms with Gasteiger partial charge in [0, 0.05) is 24.5 Å². The van der Waals surface area contributed by atoms with Gasteiger partial charge in [-0.1, -0.05) is 0 Å². The molecule has 1 fully saturated rings. The Morgan fingerprint density at radius 3 is 2.64 bits per heavy atom. The average Bonchev–Trinajstić information content (AvgIpc) is 3.10. The van der Waals surface area contributed by atoms with Crippen molar-refractivity contribution in [2.24, 2.45) is 0 Å². The quantitative estimate of drug-likeness (QED) is 0.598. The normalized spacial score (nSPS) is 19.1. The van der Waals surface area contributed by atoms with Crippen LogP contribution in [0, 0.1) is 0 Å². The third-order valence-electron chi connectivity index (χ3n) is 5.73. The van der Waals surface area contributed by atoms with E-state index in [1.807, 2.05) is 0 Å². The predicted octanol–water partition coefficient (Wildman–Crippen LogP) is 3.23. The molecule has 0 aliphatic heterocycles. The largest absolute Gasteiger partial charge is 0.488 e. The second-order valence-electron chi connectivity index (χ2n) is 8.18. The molecule has 1 amide bonds. The Morgan fingerprint density at radius 2 is 1.97 bits per heavy atom. The smallest absolute Gasteiger partial charge is 0.433 e. The molecule has 12 heteroatoms. The molecule has 0 bridgehead atoms. The number of rotatable bonds is 5. The Bertz CT molecular complexity index is 1150. The van der Waals surface area contributed by atoms with E-state index >= 15 is 0 Å². The first-order valence-electron chi connectivity index (χ1n) is 10.4. The van der Waals surface area contributed by atoms with Crippen LogP contribution in [0.2, 0.25) is 0 Å². The first-order valence-corrected chi connectivity index (χ1v) is 10.4. The van der Waals surface area contributed by atoms with E-state index in [1.165, 1.54) is 12.4 Å². The highest BCUT2D eigenvalue weighted by molar-refractivity contribution is 6.12. The molecular formula is C21H24F3N7O2. The number of ether oxygens (including phenoxy) is 1. The minimum atomic E-state index is -4.68. The van der Waals surface area contributed by atoms with Crippen molar-refractivity contribution in [3.05, 3.63) is 42.0 Å². The van der Waals surface area contributed by atoms with E-state index in [0.29, 0.717) is 11.8 Å². The van der Waals surface area contributed by atoms with Crippen molar-refractivity contribution in [1.29, 1.82) is 0 Å². The summed E-state index contributed by atoms with van der Waals surface area (Å²) in [6, 6.07) is 2.90. The van der Waals surface area contributed by atoms with Crippen LogP contribution in [0.5, 0.6) is 5.75 Å². The highest BCUT2D eigenvalue weighted by atomic mass is 19.4. The number of nitrogens with two attached hydrogens (primary N) is 1. The standard InChI is InChI=1S/C21H24F3N7O2/c1-30(2)12-3-5-13(6-4-12)33-15-7-9-26-11-14(15)27-20(32)17-18(25)29-31-10-8-16(21(22,23)24)28-19(17)31/h7-13H,3-6H2,1-2H3,(H2,25,29)(H,27,32)/t12-,13-. The summed E-state index contributed by atoms with van der Waals surface area (Å²) in [6.45, 7) is 0. The molecule has 9 nitrogen and oxygen atoms in total. The molecule has 3 aromatic heterocycles. The Labute approximate surface area is 187 Å². The van der Waals surface area contributed by atoms with Gasteiger partial charge in [0.2, 0.25) is 0 Å². The number of carbonyl (C=O) groups is 1. The molecule has 1 aliphatic rings. The molecule has 33 heavy (non-hydrogen) atoms. The van der Waals surface area contributed by atoms with Crippen LogP contribution in [0.1, 0.15) is 41.7 Å². The minimum absolute atomic E-state index is 0.0164. The summed E-state index contributed by atoms with van der Waals surface area (Å²) in [5.74, 6) is -0.582. The van der Waals surface area contributed by atoms with Gasteiger partial charge in [0.15, 0.2) is 11.5 Å². The van der Waals surface area contributed by atoms with Crippen LogP contribution in [-0.2, 0) is 6.18 Å². The van der Waals surface area contributed by atoms with Crippen molar-refractivity contribution < 1.29 is 22.7 Å². The second-order valence-corrected chi connectivity index (χ2v) is 8.18. The number of carbonyl (C=O) groups excluding carboxylic acids is 1. The number of alkyl halides is 3. The maximum atomic E-state index is 13.1. The molecule has 0 saturated heterocycles. The molecule has 3 aromatic rings. The van der Waals surface area contributed by atoms with Gasteiger partial charge in [0.05, 0.1) is 12.3 Å². The molecule has 0 radical (unpaired) electrons. The monoisotopic (exact) mass is 463 g/mol. The van der Waals surface area contributed by atoms with Crippen LogP contribution < -0.4 is 15.8 Å². The summed E-state index contributed by atoms with van der Waals surface area (Å²) in [7, 11) is 4.11. The van der Waals surface area contributed by atoms with Crippen LogP contribution in [0.3, 0.4) is 0 Å². The third kappa shape index (κ3) is 4.85. The Hall–Kier alpha value is -3.41. The maximum absolute atomic E-state index is 13.1. The van der Waals surface area contributed by atoms with E-state index in [0.717, 1.165) is 42.5 Å². The molecule has 3 N–H and O–H groups in total. The lowest BCUT2D eigenvalue weighted by molar-refractivity contribution is -0.141. The number of aromatic nitrogens is 4. The Morgan fingerprint density at radius 1 is 1.24 bits per heavy atom. The molecule has 176 valence electrons. The SMILES string of the molecule is CN(C)[C@H]1CC[C@H](Oc2ccncc2NC(=O)c2c(N)nn3ccc(C(F)(F)F)nc23)CC1. The predicted molar refractivity (Wildman–Crippen MR) is 115 cm³/mol. The second kappa shape index (κ2) is 8.85. The summed E-state index contributed by atoms with van der Waals surface area (Å²) < 4.78 is 46.4. The number of nitrogen functional groups attached to an aromatic ring is 1. The van der Waals surface area contributed by atoms with Crippen molar-refractivity contribution in [3.63, 3.8) is 0 Å². The van der Waals surface area contributed by atoms with Crippen molar-refractivity contribution >= 4 is 23.1 Å². The van der Waals surface area contributed by atoms with Gasteiger partial charge in [-0.15, -0.1) is 5.10 Å². The van der Waals surface area contributed by atoms with Crippen LogP contribution in [0.4, 0.5) is 24.7 Å². The summed E-state index contributed by atoms with van der Waals surface area (Å²) in [5, 5.41) is 6.52.